The summed E-state index contributed by atoms with van der Waals surface area (Å²) in [5, 5.41) is 47.9. The van der Waals surface area contributed by atoms with E-state index in [4.69, 9.17) is 15.9 Å². The fourth-order valence-corrected chi connectivity index (χ4v) is 2.46. The van der Waals surface area contributed by atoms with Crippen LogP contribution < -0.4 is 11.1 Å². The molecule has 0 aliphatic carbocycles. The van der Waals surface area contributed by atoms with Crippen LogP contribution in [0.1, 0.15) is 24.2 Å². The molecule has 9 heteroatoms. The minimum absolute atomic E-state index is 0.0658. The molecule has 0 aromatic heterocycles. The maximum Gasteiger partial charge on any atom is 0.328 e. The molecule has 0 saturated heterocycles. The van der Waals surface area contributed by atoms with Crippen LogP contribution >= 0.6 is 0 Å². The van der Waals surface area contributed by atoms with Crippen molar-refractivity contribution >= 4 is 17.6 Å². The summed E-state index contributed by atoms with van der Waals surface area (Å²) < 4.78 is 0. The van der Waals surface area contributed by atoms with Crippen LogP contribution in [0.5, 0.6) is 11.5 Å². The summed E-state index contributed by atoms with van der Waals surface area (Å²) in [6.07, 6.45) is 1.13. The number of carboxylic acid groups (broad SMARTS) is 2. The Balaban J connectivity index is 0.000000479. The molecule has 2 atom stereocenters. The van der Waals surface area contributed by atoms with Crippen LogP contribution in [0.4, 0.5) is 5.69 Å². The van der Waals surface area contributed by atoms with Crippen molar-refractivity contribution in [1.82, 2.24) is 5.32 Å². The van der Waals surface area contributed by atoms with Crippen molar-refractivity contribution in [2.24, 2.45) is 0 Å². The Bertz CT molecular complexity index is 830. The number of hydrogen-bond acceptors (Lipinski definition) is 7. The maximum absolute atomic E-state index is 10.1. The van der Waals surface area contributed by atoms with E-state index in [1.54, 1.807) is 0 Å². The standard InChI is InChI=1S/C17H22N2O3.C4H4O4/c1-11(6-12-2-4-14(18)5-3-12)19-10-17(22)13-7-15(20)9-16(21)8-13;5-3(6)1-2-4(7)8/h2-5,7-9,11,17,19-22H,6,10,18H2,1H3;1-2H,(H,5,6)(H,7,8)/t11-,17+;/m1./s1. The molecule has 0 amide bonds. The van der Waals surface area contributed by atoms with Gasteiger partial charge in [-0.05, 0) is 48.7 Å². The molecular weight excluding hydrogens is 392 g/mol. The second-order valence-electron chi connectivity index (χ2n) is 6.56. The molecule has 0 fully saturated rings. The highest BCUT2D eigenvalue weighted by Gasteiger charge is 2.12. The number of phenolic OH excluding ortho intramolecular Hbond substituents is 2. The monoisotopic (exact) mass is 418 g/mol. The third kappa shape index (κ3) is 10.1. The van der Waals surface area contributed by atoms with Crippen LogP contribution in [0.15, 0.2) is 54.6 Å². The predicted molar refractivity (Wildman–Crippen MR) is 111 cm³/mol. The van der Waals surface area contributed by atoms with Gasteiger partial charge in [0.2, 0.25) is 0 Å². The van der Waals surface area contributed by atoms with Crippen LogP contribution in [-0.2, 0) is 16.0 Å². The normalized spacial score (nSPS) is 12.6. The van der Waals surface area contributed by atoms with Crippen molar-refractivity contribution in [3.05, 3.63) is 65.7 Å². The summed E-state index contributed by atoms with van der Waals surface area (Å²) in [6, 6.07) is 12.0. The van der Waals surface area contributed by atoms with Crippen molar-refractivity contribution in [1.29, 1.82) is 0 Å². The van der Waals surface area contributed by atoms with E-state index in [1.807, 2.05) is 31.2 Å². The summed E-state index contributed by atoms with van der Waals surface area (Å²) >= 11 is 0. The number of nitrogens with one attached hydrogen (secondary N) is 1. The van der Waals surface area contributed by atoms with Gasteiger partial charge in [0.1, 0.15) is 11.5 Å². The fourth-order valence-electron chi connectivity index (χ4n) is 2.46. The number of aliphatic hydroxyl groups is 1. The van der Waals surface area contributed by atoms with E-state index in [0.29, 0.717) is 24.3 Å². The summed E-state index contributed by atoms with van der Waals surface area (Å²) in [5.41, 5.74) is 8.04. The Labute approximate surface area is 173 Å². The molecule has 2 aromatic rings. The number of aromatic hydroxyl groups is 2. The van der Waals surface area contributed by atoms with Gasteiger partial charge in [-0.1, -0.05) is 12.1 Å². The Morgan fingerprint density at radius 3 is 1.97 bits per heavy atom. The molecule has 0 bridgehead atoms. The van der Waals surface area contributed by atoms with Gasteiger partial charge in [0.25, 0.3) is 0 Å². The summed E-state index contributed by atoms with van der Waals surface area (Å²) in [5.74, 6) is -2.65. The van der Waals surface area contributed by atoms with E-state index in [9.17, 15) is 24.9 Å². The van der Waals surface area contributed by atoms with Gasteiger partial charge in [-0.25, -0.2) is 9.59 Å². The zero-order valence-corrected chi connectivity index (χ0v) is 16.4. The first-order chi connectivity index (χ1) is 14.1. The first kappa shape index (κ1) is 24.5. The average Bonchev–Trinajstić information content (AvgIpc) is 2.66. The minimum atomic E-state index is -1.26. The second-order valence-corrected chi connectivity index (χ2v) is 6.56. The van der Waals surface area contributed by atoms with Gasteiger partial charge in [-0.3, -0.25) is 0 Å². The highest BCUT2D eigenvalue weighted by molar-refractivity contribution is 5.89. The number of phenols is 2. The molecule has 2 rings (SSSR count). The molecule has 9 nitrogen and oxygen atoms in total. The zero-order valence-electron chi connectivity index (χ0n) is 16.4. The summed E-state index contributed by atoms with van der Waals surface area (Å²) in [7, 11) is 0. The van der Waals surface area contributed by atoms with Crippen LogP contribution in [-0.4, -0.2) is 50.1 Å². The van der Waals surface area contributed by atoms with Gasteiger partial charge in [0, 0.05) is 36.5 Å². The van der Waals surface area contributed by atoms with E-state index in [-0.39, 0.29) is 17.5 Å². The average molecular weight is 418 g/mol. The lowest BCUT2D eigenvalue weighted by Gasteiger charge is -2.18. The molecule has 8 N–H and O–H groups in total. The molecule has 30 heavy (non-hydrogen) atoms. The third-order valence-electron chi connectivity index (χ3n) is 3.86. The number of rotatable bonds is 8. The van der Waals surface area contributed by atoms with Gasteiger partial charge >= 0.3 is 11.9 Å². The van der Waals surface area contributed by atoms with Crippen molar-refractivity contribution < 1.29 is 35.1 Å². The Kier molecular flexibility index (Phi) is 9.87. The molecule has 162 valence electrons. The largest absolute Gasteiger partial charge is 0.508 e. The number of aliphatic carboxylic acids is 2. The maximum atomic E-state index is 10.1. The first-order valence-corrected chi connectivity index (χ1v) is 8.99. The lowest BCUT2D eigenvalue weighted by molar-refractivity contribution is -0.134. The van der Waals surface area contributed by atoms with E-state index in [0.717, 1.165) is 12.1 Å². The SMILES string of the molecule is C[C@H](Cc1ccc(N)cc1)NC[C@H](O)c1cc(O)cc(O)c1.O=C(O)C=CC(=O)O. The Morgan fingerprint density at radius 1 is 1.00 bits per heavy atom. The summed E-state index contributed by atoms with van der Waals surface area (Å²) in [6.45, 7) is 2.36. The van der Waals surface area contributed by atoms with E-state index >= 15 is 0 Å². The number of carbonyl (C=O) groups is 2. The number of anilines is 1. The molecule has 2 aromatic carbocycles. The van der Waals surface area contributed by atoms with E-state index < -0.39 is 18.0 Å². The number of nitrogens with two attached hydrogens (primary N) is 1. The number of aliphatic hydroxyl groups excluding tert-OH is 1. The lowest BCUT2D eigenvalue weighted by Crippen LogP contribution is -2.32. The number of benzene rings is 2. The van der Waals surface area contributed by atoms with Gasteiger partial charge in [-0.15, -0.1) is 0 Å². The molecule has 0 aliphatic heterocycles. The zero-order chi connectivity index (χ0) is 22.7. The van der Waals surface area contributed by atoms with Gasteiger partial charge in [0.05, 0.1) is 6.10 Å². The molecule has 0 radical (unpaired) electrons. The van der Waals surface area contributed by atoms with E-state index in [1.165, 1.54) is 23.8 Å². The van der Waals surface area contributed by atoms with Gasteiger partial charge in [-0.2, -0.15) is 0 Å². The van der Waals surface area contributed by atoms with Crippen LogP contribution in [0, 0.1) is 0 Å². The topological polar surface area (TPSA) is 173 Å². The molecule has 0 saturated carbocycles. The van der Waals surface area contributed by atoms with Crippen molar-refractivity contribution in [3.63, 3.8) is 0 Å². The Hall–Kier alpha value is -3.56. The van der Waals surface area contributed by atoms with Crippen LogP contribution in [0.25, 0.3) is 0 Å². The minimum Gasteiger partial charge on any atom is -0.508 e. The number of nitrogen functional groups attached to an aromatic ring is 1. The van der Waals surface area contributed by atoms with Crippen LogP contribution in [0.2, 0.25) is 0 Å². The Morgan fingerprint density at radius 2 is 1.50 bits per heavy atom. The summed E-state index contributed by atoms with van der Waals surface area (Å²) in [4.78, 5) is 19.1. The first-order valence-electron chi connectivity index (χ1n) is 8.99. The number of carboxylic acids is 2. The fraction of sp³-hybridized carbons (Fsp3) is 0.238. The van der Waals surface area contributed by atoms with Gasteiger partial charge in [0.15, 0.2) is 0 Å². The molecule has 0 aliphatic rings. The molecule has 0 unspecified atom stereocenters. The van der Waals surface area contributed by atoms with Gasteiger partial charge < -0.3 is 36.6 Å². The quantitative estimate of drug-likeness (QED) is 0.248. The predicted octanol–water partition coefficient (Wildman–Crippen LogP) is 1.65. The van der Waals surface area contributed by atoms with Crippen molar-refractivity contribution in [2.45, 2.75) is 25.5 Å². The highest BCUT2D eigenvalue weighted by atomic mass is 16.4. The number of hydrogen-bond donors (Lipinski definition) is 7. The molecule has 0 heterocycles. The van der Waals surface area contributed by atoms with Crippen LogP contribution in [0.3, 0.4) is 0 Å². The van der Waals surface area contributed by atoms with Crippen molar-refractivity contribution in [2.75, 3.05) is 12.3 Å². The highest BCUT2D eigenvalue weighted by Crippen LogP contribution is 2.24. The van der Waals surface area contributed by atoms with E-state index in [2.05, 4.69) is 5.32 Å². The molecular formula is C21H26N2O7. The lowest BCUT2D eigenvalue weighted by atomic mass is 10.1. The third-order valence-corrected chi connectivity index (χ3v) is 3.86. The smallest absolute Gasteiger partial charge is 0.328 e. The second kappa shape index (κ2) is 12.1. The molecule has 0 spiro atoms. The van der Waals surface area contributed by atoms with Crippen molar-refractivity contribution in [3.8, 4) is 11.5 Å².